The monoisotopic (exact) mass is 355 g/mol. The van der Waals surface area contributed by atoms with Gasteiger partial charge in [0.05, 0.1) is 25.3 Å². The topological polar surface area (TPSA) is 64.5 Å². The summed E-state index contributed by atoms with van der Waals surface area (Å²) >= 11 is 0. The van der Waals surface area contributed by atoms with E-state index in [1.807, 2.05) is 55.1 Å². The molecular weight excluding hydrogens is 330 g/mol. The molecule has 1 atom stereocenters. The van der Waals surface area contributed by atoms with Crippen LogP contribution in [-0.2, 0) is 11.2 Å². The molecule has 0 bridgehead atoms. The Labute approximate surface area is 154 Å². The number of amides is 1. The summed E-state index contributed by atoms with van der Waals surface area (Å²) in [5.41, 5.74) is 1.85. The van der Waals surface area contributed by atoms with Crippen LogP contribution in [0, 0.1) is 6.92 Å². The second kappa shape index (κ2) is 8.65. The van der Waals surface area contributed by atoms with Crippen molar-refractivity contribution in [2.75, 3.05) is 19.7 Å². The average Bonchev–Trinajstić information content (AvgIpc) is 2.66. The summed E-state index contributed by atoms with van der Waals surface area (Å²) in [6.45, 7) is 5.84. The first-order chi connectivity index (χ1) is 12.6. The van der Waals surface area contributed by atoms with Crippen LogP contribution in [0.5, 0.6) is 11.6 Å². The molecule has 0 radical (unpaired) electrons. The van der Waals surface area contributed by atoms with Gasteiger partial charge in [-0.3, -0.25) is 4.79 Å². The molecular formula is C20H25N3O3. The number of rotatable bonds is 6. The van der Waals surface area contributed by atoms with Gasteiger partial charge < -0.3 is 14.4 Å². The minimum absolute atomic E-state index is 0.0370. The van der Waals surface area contributed by atoms with E-state index in [9.17, 15) is 4.79 Å². The van der Waals surface area contributed by atoms with Gasteiger partial charge in [0, 0.05) is 12.6 Å². The van der Waals surface area contributed by atoms with Crippen molar-refractivity contribution < 1.29 is 14.3 Å². The second-order valence-electron chi connectivity index (χ2n) is 6.49. The van der Waals surface area contributed by atoms with Crippen LogP contribution >= 0.6 is 0 Å². The van der Waals surface area contributed by atoms with Crippen molar-refractivity contribution in [1.82, 2.24) is 15.1 Å². The highest BCUT2D eigenvalue weighted by Crippen LogP contribution is 2.18. The minimum Gasteiger partial charge on any atom is -0.494 e. The lowest BCUT2D eigenvalue weighted by Gasteiger charge is -2.32. The fourth-order valence-electron chi connectivity index (χ4n) is 3.04. The zero-order valence-electron chi connectivity index (χ0n) is 15.4. The third kappa shape index (κ3) is 4.94. The molecule has 1 amide bonds. The van der Waals surface area contributed by atoms with E-state index >= 15 is 0 Å². The zero-order chi connectivity index (χ0) is 18.4. The number of carbonyl (C=O) groups excluding carboxylic acids is 1. The van der Waals surface area contributed by atoms with Crippen molar-refractivity contribution in [3.8, 4) is 11.6 Å². The van der Waals surface area contributed by atoms with Crippen LogP contribution in [0.4, 0.5) is 0 Å². The maximum Gasteiger partial charge on any atom is 0.233 e. The molecule has 2 aromatic rings. The smallest absolute Gasteiger partial charge is 0.233 e. The SMILES string of the molecule is CCOc1ccc(CC(=O)N2CCCC(Oc3ccc(C)nn3)C2)cc1. The quantitative estimate of drug-likeness (QED) is 0.797. The summed E-state index contributed by atoms with van der Waals surface area (Å²) in [6.07, 6.45) is 2.20. The number of carbonyl (C=O) groups is 1. The first-order valence-corrected chi connectivity index (χ1v) is 9.10. The van der Waals surface area contributed by atoms with E-state index in [2.05, 4.69) is 10.2 Å². The molecule has 3 rings (SSSR count). The summed E-state index contributed by atoms with van der Waals surface area (Å²) in [6, 6.07) is 11.4. The lowest BCUT2D eigenvalue weighted by Crippen LogP contribution is -2.45. The van der Waals surface area contributed by atoms with Crippen LogP contribution in [0.25, 0.3) is 0 Å². The molecule has 2 heterocycles. The van der Waals surface area contributed by atoms with Gasteiger partial charge in [0.15, 0.2) is 0 Å². The van der Waals surface area contributed by atoms with Gasteiger partial charge in [0.1, 0.15) is 11.9 Å². The Balaban J connectivity index is 1.54. The van der Waals surface area contributed by atoms with Gasteiger partial charge in [-0.25, -0.2) is 0 Å². The van der Waals surface area contributed by atoms with Crippen molar-refractivity contribution in [2.24, 2.45) is 0 Å². The van der Waals surface area contributed by atoms with Crippen LogP contribution in [-0.4, -0.2) is 46.8 Å². The lowest BCUT2D eigenvalue weighted by molar-refractivity contribution is -0.133. The normalized spacial score (nSPS) is 17.0. The number of aryl methyl sites for hydroxylation is 1. The number of piperidine rings is 1. The second-order valence-corrected chi connectivity index (χ2v) is 6.49. The Hall–Kier alpha value is -2.63. The molecule has 26 heavy (non-hydrogen) atoms. The van der Waals surface area contributed by atoms with Crippen molar-refractivity contribution in [3.63, 3.8) is 0 Å². The third-order valence-corrected chi connectivity index (χ3v) is 4.38. The Morgan fingerprint density at radius 3 is 2.69 bits per heavy atom. The summed E-state index contributed by atoms with van der Waals surface area (Å²) in [7, 11) is 0. The van der Waals surface area contributed by atoms with Crippen LogP contribution in [0.15, 0.2) is 36.4 Å². The number of ether oxygens (including phenoxy) is 2. The maximum absolute atomic E-state index is 12.6. The molecule has 1 unspecified atom stereocenters. The highest BCUT2D eigenvalue weighted by atomic mass is 16.5. The van der Waals surface area contributed by atoms with Gasteiger partial charge in [0.25, 0.3) is 0 Å². The standard InChI is InChI=1S/C20H25N3O3/c1-3-25-17-9-7-16(8-10-17)13-20(24)23-12-4-5-18(14-23)26-19-11-6-15(2)21-22-19/h6-11,18H,3-5,12-14H2,1-2H3. The first kappa shape index (κ1) is 18.2. The van der Waals surface area contributed by atoms with Crippen molar-refractivity contribution in [1.29, 1.82) is 0 Å². The molecule has 6 heteroatoms. The zero-order valence-corrected chi connectivity index (χ0v) is 15.4. The van der Waals surface area contributed by atoms with Gasteiger partial charge in [-0.2, -0.15) is 5.10 Å². The predicted octanol–water partition coefficient (Wildman–Crippen LogP) is 2.80. The van der Waals surface area contributed by atoms with E-state index in [-0.39, 0.29) is 12.0 Å². The molecule has 1 fully saturated rings. The minimum atomic E-state index is -0.0370. The number of likely N-dealkylation sites (tertiary alicyclic amines) is 1. The Morgan fingerprint density at radius 2 is 2.00 bits per heavy atom. The molecule has 0 N–H and O–H groups in total. The molecule has 1 aromatic carbocycles. The van der Waals surface area contributed by atoms with E-state index < -0.39 is 0 Å². The molecule has 138 valence electrons. The molecule has 6 nitrogen and oxygen atoms in total. The third-order valence-electron chi connectivity index (χ3n) is 4.38. The van der Waals surface area contributed by atoms with Crippen molar-refractivity contribution in [3.05, 3.63) is 47.7 Å². The van der Waals surface area contributed by atoms with Crippen LogP contribution < -0.4 is 9.47 Å². The summed E-state index contributed by atoms with van der Waals surface area (Å²) in [5, 5.41) is 8.05. The molecule has 0 saturated carbocycles. The van der Waals surface area contributed by atoms with Gasteiger partial charge >= 0.3 is 0 Å². The van der Waals surface area contributed by atoms with Crippen LogP contribution in [0.2, 0.25) is 0 Å². The summed E-state index contributed by atoms with van der Waals surface area (Å²) in [5.74, 6) is 1.47. The Morgan fingerprint density at radius 1 is 1.19 bits per heavy atom. The number of nitrogens with zero attached hydrogens (tertiary/aromatic N) is 3. The van der Waals surface area contributed by atoms with Gasteiger partial charge in [0.2, 0.25) is 11.8 Å². The number of benzene rings is 1. The maximum atomic E-state index is 12.6. The summed E-state index contributed by atoms with van der Waals surface area (Å²) in [4.78, 5) is 14.5. The van der Waals surface area contributed by atoms with Crippen molar-refractivity contribution in [2.45, 2.75) is 39.2 Å². The molecule has 1 saturated heterocycles. The predicted molar refractivity (Wildman–Crippen MR) is 98.3 cm³/mol. The average molecular weight is 355 g/mol. The lowest BCUT2D eigenvalue weighted by atomic mass is 10.1. The fraction of sp³-hybridized carbons (Fsp3) is 0.450. The van der Waals surface area contributed by atoms with E-state index in [0.29, 0.717) is 25.5 Å². The summed E-state index contributed by atoms with van der Waals surface area (Å²) < 4.78 is 11.3. The first-order valence-electron chi connectivity index (χ1n) is 9.10. The van der Waals surface area contributed by atoms with E-state index in [1.54, 1.807) is 0 Å². The van der Waals surface area contributed by atoms with Gasteiger partial charge in [-0.15, -0.1) is 5.10 Å². The van der Waals surface area contributed by atoms with Gasteiger partial charge in [-0.1, -0.05) is 12.1 Å². The largest absolute Gasteiger partial charge is 0.494 e. The molecule has 1 aliphatic heterocycles. The molecule has 1 aliphatic rings. The fourth-order valence-corrected chi connectivity index (χ4v) is 3.04. The number of aromatic nitrogens is 2. The van der Waals surface area contributed by atoms with Gasteiger partial charge in [-0.05, 0) is 50.5 Å². The molecule has 1 aromatic heterocycles. The highest BCUT2D eigenvalue weighted by molar-refractivity contribution is 5.79. The van der Waals surface area contributed by atoms with E-state index in [0.717, 1.165) is 36.4 Å². The van der Waals surface area contributed by atoms with Crippen LogP contribution in [0.1, 0.15) is 31.0 Å². The Kier molecular flexibility index (Phi) is 6.04. The van der Waals surface area contributed by atoms with Crippen molar-refractivity contribution >= 4 is 5.91 Å². The molecule has 0 spiro atoms. The Bertz CT molecular complexity index is 716. The molecule has 0 aliphatic carbocycles. The van der Waals surface area contributed by atoms with Crippen LogP contribution in [0.3, 0.4) is 0 Å². The number of hydrogen-bond donors (Lipinski definition) is 0. The van der Waals surface area contributed by atoms with E-state index in [1.165, 1.54) is 0 Å². The van der Waals surface area contributed by atoms with E-state index in [4.69, 9.17) is 9.47 Å². The highest BCUT2D eigenvalue weighted by Gasteiger charge is 2.25. The number of hydrogen-bond acceptors (Lipinski definition) is 5.